The Bertz CT molecular complexity index is 345. The molecule has 2 atom stereocenters. The highest BCUT2D eigenvalue weighted by Gasteiger charge is 2.34. The third kappa shape index (κ3) is 2.15. The average Bonchev–Trinajstić information content (AvgIpc) is 2.91. The van der Waals surface area contributed by atoms with E-state index in [9.17, 15) is 0 Å². The molecular formula is C12H16BrNS. The van der Waals surface area contributed by atoms with Crippen LogP contribution in [-0.2, 0) is 0 Å². The molecule has 0 saturated heterocycles. The maximum atomic E-state index is 3.66. The Balaban J connectivity index is 1.59. The fourth-order valence-electron chi connectivity index (χ4n) is 2.38. The van der Waals surface area contributed by atoms with Crippen molar-refractivity contribution in [3.05, 3.63) is 20.8 Å². The fourth-order valence-corrected chi connectivity index (χ4v) is 4.04. The zero-order valence-corrected chi connectivity index (χ0v) is 11.1. The molecule has 2 saturated carbocycles. The lowest BCUT2D eigenvalue weighted by molar-refractivity contribution is 0.245. The van der Waals surface area contributed by atoms with E-state index in [2.05, 4.69) is 32.0 Å². The van der Waals surface area contributed by atoms with Gasteiger partial charge in [0.1, 0.15) is 0 Å². The summed E-state index contributed by atoms with van der Waals surface area (Å²) in [4.78, 5) is 0. The molecule has 0 amide bonds. The van der Waals surface area contributed by atoms with Crippen LogP contribution >= 0.6 is 27.3 Å². The molecule has 0 bridgehead atoms. The summed E-state index contributed by atoms with van der Waals surface area (Å²) in [6.07, 6.45) is 5.60. The first-order valence-corrected chi connectivity index (χ1v) is 7.53. The molecule has 82 valence electrons. The Morgan fingerprint density at radius 1 is 1.27 bits per heavy atom. The standard InChI is InChI=1S/C12H16BrNS/c13-12-7-15-6-11(12)10-4-1-8(10)5-14-9-2-3-9/h6-10,14H,1-5H2. The summed E-state index contributed by atoms with van der Waals surface area (Å²) in [5.41, 5.74) is 1.55. The largest absolute Gasteiger partial charge is 0.314 e. The first-order chi connectivity index (χ1) is 7.34. The lowest BCUT2D eigenvalue weighted by Crippen LogP contribution is -2.34. The van der Waals surface area contributed by atoms with E-state index in [1.165, 1.54) is 36.7 Å². The molecule has 15 heavy (non-hydrogen) atoms. The number of hydrogen-bond donors (Lipinski definition) is 1. The second kappa shape index (κ2) is 4.19. The maximum Gasteiger partial charge on any atom is 0.0317 e. The normalized spacial score (nSPS) is 30.2. The molecule has 0 aromatic carbocycles. The summed E-state index contributed by atoms with van der Waals surface area (Å²) in [5, 5.41) is 8.18. The third-order valence-electron chi connectivity index (χ3n) is 3.71. The molecule has 0 aliphatic heterocycles. The van der Waals surface area contributed by atoms with Gasteiger partial charge < -0.3 is 5.32 Å². The van der Waals surface area contributed by atoms with E-state index in [4.69, 9.17) is 0 Å². The van der Waals surface area contributed by atoms with Gasteiger partial charge in [-0.05, 0) is 70.9 Å². The van der Waals surface area contributed by atoms with Crippen molar-refractivity contribution in [1.29, 1.82) is 0 Å². The molecule has 1 nitrogen and oxygen atoms in total. The number of halogens is 1. The molecule has 1 aromatic rings. The molecule has 1 N–H and O–H groups in total. The maximum absolute atomic E-state index is 3.66. The van der Waals surface area contributed by atoms with Gasteiger partial charge >= 0.3 is 0 Å². The molecule has 2 unspecified atom stereocenters. The zero-order valence-electron chi connectivity index (χ0n) is 8.71. The lowest BCUT2D eigenvalue weighted by atomic mass is 9.70. The van der Waals surface area contributed by atoms with Gasteiger partial charge in [0.15, 0.2) is 0 Å². The number of nitrogens with one attached hydrogen (secondary N) is 1. The molecule has 2 aliphatic rings. The van der Waals surface area contributed by atoms with Crippen LogP contribution < -0.4 is 5.32 Å². The Hall–Kier alpha value is 0.140. The van der Waals surface area contributed by atoms with Crippen molar-refractivity contribution >= 4 is 27.3 Å². The van der Waals surface area contributed by atoms with Crippen LogP contribution in [-0.4, -0.2) is 12.6 Å². The van der Waals surface area contributed by atoms with Gasteiger partial charge in [0.2, 0.25) is 0 Å². The topological polar surface area (TPSA) is 12.0 Å². The monoisotopic (exact) mass is 285 g/mol. The summed E-state index contributed by atoms with van der Waals surface area (Å²) in [5.74, 6) is 1.70. The molecule has 2 fully saturated rings. The summed E-state index contributed by atoms with van der Waals surface area (Å²) in [6.45, 7) is 1.23. The van der Waals surface area contributed by atoms with Crippen LogP contribution in [0, 0.1) is 5.92 Å². The van der Waals surface area contributed by atoms with Crippen molar-refractivity contribution in [2.45, 2.75) is 37.6 Å². The summed E-state index contributed by atoms with van der Waals surface area (Å²) in [7, 11) is 0. The Labute approximate surface area is 103 Å². The van der Waals surface area contributed by atoms with Crippen molar-refractivity contribution in [2.75, 3.05) is 6.54 Å². The van der Waals surface area contributed by atoms with E-state index in [1.54, 1.807) is 5.56 Å². The number of hydrogen-bond acceptors (Lipinski definition) is 2. The van der Waals surface area contributed by atoms with Crippen LogP contribution in [0.4, 0.5) is 0 Å². The van der Waals surface area contributed by atoms with Crippen LogP contribution in [0.15, 0.2) is 15.2 Å². The van der Waals surface area contributed by atoms with Gasteiger partial charge in [-0.1, -0.05) is 0 Å². The highest BCUT2D eigenvalue weighted by Crippen LogP contribution is 2.45. The van der Waals surface area contributed by atoms with E-state index in [0.29, 0.717) is 0 Å². The first-order valence-electron chi connectivity index (χ1n) is 5.79. The van der Waals surface area contributed by atoms with Crippen molar-refractivity contribution in [2.24, 2.45) is 5.92 Å². The van der Waals surface area contributed by atoms with E-state index in [0.717, 1.165) is 17.9 Å². The van der Waals surface area contributed by atoms with E-state index >= 15 is 0 Å². The van der Waals surface area contributed by atoms with Gasteiger partial charge in [0.05, 0.1) is 0 Å². The predicted molar refractivity (Wildman–Crippen MR) is 68.5 cm³/mol. The minimum Gasteiger partial charge on any atom is -0.314 e. The predicted octanol–water partition coefficient (Wildman–Crippen LogP) is 3.76. The van der Waals surface area contributed by atoms with Gasteiger partial charge in [-0.2, -0.15) is 11.3 Å². The molecule has 0 radical (unpaired) electrons. The first kappa shape index (κ1) is 10.3. The van der Waals surface area contributed by atoms with Crippen LogP contribution in [0.2, 0.25) is 0 Å². The quantitative estimate of drug-likeness (QED) is 0.888. The molecule has 3 rings (SSSR count). The number of rotatable bonds is 4. The van der Waals surface area contributed by atoms with E-state index in [-0.39, 0.29) is 0 Å². The smallest absolute Gasteiger partial charge is 0.0317 e. The van der Waals surface area contributed by atoms with Crippen molar-refractivity contribution < 1.29 is 0 Å². The van der Waals surface area contributed by atoms with Gasteiger partial charge in [-0.15, -0.1) is 0 Å². The SMILES string of the molecule is Brc1cscc1C1CCC1CNC1CC1. The Morgan fingerprint density at radius 2 is 2.13 bits per heavy atom. The van der Waals surface area contributed by atoms with Crippen molar-refractivity contribution in [3.8, 4) is 0 Å². The van der Waals surface area contributed by atoms with Crippen molar-refractivity contribution in [3.63, 3.8) is 0 Å². The van der Waals surface area contributed by atoms with Crippen LogP contribution in [0.5, 0.6) is 0 Å². The second-order valence-electron chi connectivity index (χ2n) is 4.80. The minimum atomic E-state index is 0.817. The van der Waals surface area contributed by atoms with Gasteiger partial charge in [0.25, 0.3) is 0 Å². The van der Waals surface area contributed by atoms with Gasteiger partial charge in [-0.3, -0.25) is 0 Å². The van der Waals surface area contributed by atoms with Gasteiger partial charge in [0, 0.05) is 15.9 Å². The van der Waals surface area contributed by atoms with E-state index < -0.39 is 0 Å². The lowest BCUT2D eigenvalue weighted by Gasteiger charge is -2.37. The highest BCUT2D eigenvalue weighted by molar-refractivity contribution is 9.10. The molecule has 1 aromatic heterocycles. The Morgan fingerprint density at radius 3 is 2.67 bits per heavy atom. The van der Waals surface area contributed by atoms with Crippen LogP contribution in [0.3, 0.4) is 0 Å². The highest BCUT2D eigenvalue weighted by atomic mass is 79.9. The summed E-state index contributed by atoms with van der Waals surface area (Å²) in [6, 6.07) is 0.858. The molecule has 2 aliphatic carbocycles. The zero-order chi connectivity index (χ0) is 10.3. The minimum absolute atomic E-state index is 0.817. The van der Waals surface area contributed by atoms with E-state index in [1.807, 2.05) is 11.3 Å². The molecule has 3 heteroatoms. The Kier molecular flexibility index (Phi) is 2.88. The average molecular weight is 286 g/mol. The molecular weight excluding hydrogens is 270 g/mol. The van der Waals surface area contributed by atoms with Crippen LogP contribution in [0.1, 0.15) is 37.2 Å². The second-order valence-corrected chi connectivity index (χ2v) is 6.40. The summed E-state index contributed by atoms with van der Waals surface area (Å²) >= 11 is 5.47. The van der Waals surface area contributed by atoms with Gasteiger partial charge in [-0.25, -0.2) is 0 Å². The molecule has 0 spiro atoms. The van der Waals surface area contributed by atoms with Crippen LogP contribution in [0.25, 0.3) is 0 Å². The van der Waals surface area contributed by atoms with Crippen molar-refractivity contribution in [1.82, 2.24) is 5.32 Å². The fraction of sp³-hybridized carbons (Fsp3) is 0.667. The number of thiophene rings is 1. The summed E-state index contributed by atoms with van der Waals surface area (Å²) < 4.78 is 1.33. The third-order valence-corrected chi connectivity index (χ3v) is 5.46. The molecule has 1 heterocycles.